The predicted octanol–water partition coefficient (Wildman–Crippen LogP) is 1.88. The Morgan fingerprint density at radius 2 is 1.52 bits per heavy atom. The van der Waals surface area contributed by atoms with Crippen LogP contribution in [0.15, 0.2) is 42.5 Å². The molecule has 0 aliphatic carbocycles. The molecule has 0 bridgehead atoms. The summed E-state index contributed by atoms with van der Waals surface area (Å²) in [5, 5.41) is 8.50. The van der Waals surface area contributed by atoms with Gasteiger partial charge in [-0.05, 0) is 42.5 Å². The predicted molar refractivity (Wildman–Crippen MR) is 87.4 cm³/mol. The normalized spacial score (nSPS) is 9.43. The monoisotopic (exact) mass is 288 g/mol. The zero-order chi connectivity index (χ0) is 16.0. The maximum atomic E-state index is 10.4. The van der Waals surface area contributed by atoms with Crippen LogP contribution in [0.25, 0.3) is 0 Å². The Morgan fingerprint density at radius 1 is 0.952 bits per heavy atom. The van der Waals surface area contributed by atoms with Crippen LogP contribution in [0.2, 0.25) is 0 Å². The Balaban J connectivity index is 0.000000211. The molecule has 21 heavy (non-hydrogen) atoms. The molecule has 2 aromatic carbocycles. The maximum absolute atomic E-state index is 10.4. The van der Waals surface area contributed by atoms with Gasteiger partial charge < -0.3 is 27.2 Å². The number of carbonyl (C=O) groups is 1. The van der Waals surface area contributed by atoms with Crippen LogP contribution in [-0.4, -0.2) is 25.2 Å². The summed E-state index contributed by atoms with van der Waals surface area (Å²) in [7, 11) is 4.01. The highest BCUT2D eigenvalue weighted by molar-refractivity contribution is 5.90. The summed E-state index contributed by atoms with van der Waals surface area (Å²) in [4.78, 5) is 12.4. The number of carboxylic acids is 1. The van der Waals surface area contributed by atoms with Crippen molar-refractivity contribution in [3.05, 3.63) is 48.0 Å². The van der Waals surface area contributed by atoms with E-state index < -0.39 is 5.97 Å². The number of hydrogen-bond donors (Lipinski definition) is 4. The number of benzene rings is 2. The zero-order valence-electron chi connectivity index (χ0n) is 12.1. The van der Waals surface area contributed by atoms with Crippen LogP contribution in [0.3, 0.4) is 0 Å². The Morgan fingerprint density at radius 3 is 1.95 bits per heavy atom. The molecule has 0 unspecified atom stereocenters. The minimum atomic E-state index is -1.00. The van der Waals surface area contributed by atoms with E-state index in [-0.39, 0.29) is 5.56 Å². The van der Waals surface area contributed by atoms with Crippen molar-refractivity contribution in [1.82, 2.24) is 0 Å². The molecule has 6 heteroatoms. The molecule has 2 rings (SSSR count). The second-order valence-electron chi connectivity index (χ2n) is 4.63. The standard InChI is InChI=1S/C8H12N2.C7H8N2O2/c1-10(2)8-5-3-7(9)4-6-8;8-5-2-1-4(7(10)11)3-6(5)9/h3-6H,9H2,1-2H3;1-3H,8-9H2,(H,10,11). The summed E-state index contributed by atoms with van der Waals surface area (Å²) in [6.07, 6.45) is 0. The Hall–Kier alpha value is -2.89. The lowest BCUT2D eigenvalue weighted by Crippen LogP contribution is -2.08. The third-order valence-corrected chi connectivity index (χ3v) is 2.74. The summed E-state index contributed by atoms with van der Waals surface area (Å²) in [5.41, 5.74) is 19.1. The lowest BCUT2D eigenvalue weighted by atomic mass is 10.2. The molecule has 0 atom stereocenters. The van der Waals surface area contributed by atoms with Crippen molar-refractivity contribution in [3.63, 3.8) is 0 Å². The second-order valence-corrected chi connectivity index (χ2v) is 4.63. The maximum Gasteiger partial charge on any atom is 0.335 e. The molecule has 0 spiro atoms. The summed E-state index contributed by atoms with van der Waals surface area (Å²) in [6.45, 7) is 0. The van der Waals surface area contributed by atoms with E-state index in [1.807, 2.05) is 43.3 Å². The first kappa shape index (κ1) is 16.2. The first-order valence-electron chi connectivity index (χ1n) is 6.22. The van der Waals surface area contributed by atoms with Gasteiger partial charge in [0.05, 0.1) is 16.9 Å². The van der Waals surface area contributed by atoms with Crippen LogP contribution in [0, 0.1) is 0 Å². The van der Waals surface area contributed by atoms with E-state index in [1.165, 1.54) is 23.9 Å². The molecule has 0 aromatic heterocycles. The van der Waals surface area contributed by atoms with Gasteiger partial charge in [0, 0.05) is 25.5 Å². The summed E-state index contributed by atoms with van der Waals surface area (Å²) >= 11 is 0. The van der Waals surface area contributed by atoms with Crippen molar-refractivity contribution >= 4 is 28.7 Å². The minimum absolute atomic E-state index is 0.150. The molecule has 0 saturated heterocycles. The molecule has 7 N–H and O–H groups in total. The van der Waals surface area contributed by atoms with E-state index in [0.29, 0.717) is 11.4 Å². The number of hydrogen-bond acceptors (Lipinski definition) is 5. The lowest BCUT2D eigenvalue weighted by molar-refractivity contribution is 0.0697. The molecule has 2 aromatic rings. The fourth-order valence-corrected chi connectivity index (χ4v) is 1.48. The quantitative estimate of drug-likeness (QED) is 0.626. The number of rotatable bonds is 2. The largest absolute Gasteiger partial charge is 0.478 e. The first-order chi connectivity index (χ1) is 9.81. The number of anilines is 4. The van der Waals surface area contributed by atoms with E-state index in [4.69, 9.17) is 22.3 Å². The summed E-state index contributed by atoms with van der Waals surface area (Å²) in [6, 6.07) is 12.0. The van der Waals surface area contributed by atoms with Crippen LogP contribution in [-0.2, 0) is 0 Å². The minimum Gasteiger partial charge on any atom is -0.478 e. The topological polar surface area (TPSA) is 119 Å². The van der Waals surface area contributed by atoms with Crippen molar-refractivity contribution in [2.75, 3.05) is 36.2 Å². The molecule has 0 saturated carbocycles. The smallest absolute Gasteiger partial charge is 0.335 e. The van der Waals surface area contributed by atoms with Gasteiger partial charge in [-0.15, -0.1) is 0 Å². The van der Waals surface area contributed by atoms with Crippen molar-refractivity contribution in [1.29, 1.82) is 0 Å². The molecule has 0 fully saturated rings. The molecule has 0 amide bonds. The molecule has 0 heterocycles. The average molecular weight is 288 g/mol. The molecular formula is C15H20N4O2. The van der Waals surface area contributed by atoms with E-state index in [0.717, 1.165) is 5.69 Å². The van der Waals surface area contributed by atoms with Gasteiger partial charge in [-0.3, -0.25) is 0 Å². The number of carboxylic acid groups (broad SMARTS) is 1. The molecular weight excluding hydrogens is 268 g/mol. The average Bonchev–Trinajstić information content (AvgIpc) is 2.43. The van der Waals surface area contributed by atoms with Gasteiger partial charge in [-0.1, -0.05) is 0 Å². The molecule has 112 valence electrons. The summed E-state index contributed by atoms with van der Waals surface area (Å²) in [5.74, 6) is -1.00. The highest BCUT2D eigenvalue weighted by Crippen LogP contribution is 2.15. The second kappa shape index (κ2) is 7.04. The van der Waals surface area contributed by atoms with Crippen molar-refractivity contribution < 1.29 is 9.90 Å². The first-order valence-corrected chi connectivity index (χ1v) is 6.22. The molecule has 0 radical (unpaired) electrons. The van der Waals surface area contributed by atoms with Crippen LogP contribution >= 0.6 is 0 Å². The number of nitrogens with zero attached hydrogens (tertiary/aromatic N) is 1. The van der Waals surface area contributed by atoms with E-state index in [9.17, 15) is 4.79 Å². The van der Waals surface area contributed by atoms with Crippen molar-refractivity contribution in [3.8, 4) is 0 Å². The van der Waals surface area contributed by atoms with Gasteiger partial charge in [0.25, 0.3) is 0 Å². The fourth-order valence-electron chi connectivity index (χ4n) is 1.48. The molecule has 6 nitrogen and oxygen atoms in total. The summed E-state index contributed by atoms with van der Waals surface area (Å²) < 4.78 is 0. The van der Waals surface area contributed by atoms with Gasteiger partial charge >= 0.3 is 5.97 Å². The molecule has 0 aliphatic rings. The van der Waals surface area contributed by atoms with E-state index in [1.54, 1.807) is 0 Å². The highest BCUT2D eigenvalue weighted by Gasteiger charge is 2.03. The third kappa shape index (κ3) is 4.94. The van der Waals surface area contributed by atoms with Crippen molar-refractivity contribution in [2.24, 2.45) is 0 Å². The van der Waals surface area contributed by atoms with Crippen LogP contribution < -0.4 is 22.1 Å². The van der Waals surface area contributed by atoms with Gasteiger partial charge in [0.2, 0.25) is 0 Å². The zero-order valence-corrected chi connectivity index (χ0v) is 12.1. The van der Waals surface area contributed by atoms with Crippen LogP contribution in [0.5, 0.6) is 0 Å². The number of nitrogen functional groups attached to an aromatic ring is 3. The Bertz CT molecular complexity index is 610. The third-order valence-electron chi connectivity index (χ3n) is 2.74. The van der Waals surface area contributed by atoms with Crippen LogP contribution in [0.4, 0.5) is 22.7 Å². The Kier molecular flexibility index (Phi) is 5.42. The fraction of sp³-hybridized carbons (Fsp3) is 0.133. The van der Waals surface area contributed by atoms with Crippen LogP contribution in [0.1, 0.15) is 10.4 Å². The van der Waals surface area contributed by atoms with Gasteiger partial charge in [0.15, 0.2) is 0 Å². The highest BCUT2D eigenvalue weighted by atomic mass is 16.4. The van der Waals surface area contributed by atoms with Gasteiger partial charge in [0.1, 0.15) is 0 Å². The SMILES string of the molecule is CN(C)c1ccc(N)cc1.Nc1ccc(C(=O)O)cc1N. The number of aromatic carboxylic acids is 1. The van der Waals surface area contributed by atoms with Crippen molar-refractivity contribution in [2.45, 2.75) is 0 Å². The number of nitrogens with two attached hydrogens (primary N) is 3. The Labute approximate surface area is 123 Å². The van der Waals surface area contributed by atoms with Gasteiger partial charge in [-0.2, -0.15) is 0 Å². The van der Waals surface area contributed by atoms with Gasteiger partial charge in [-0.25, -0.2) is 4.79 Å². The lowest BCUT2D eigenvalue weighted by Gasteiger charge is -2.11. The molecule has 0 aliphatic heterocycles. The van der Waals surface area contributed by atoms with E-state index >= 15 is 0 Å². The van der Waals surface area contributed by atoms with E-state index in [2.05, 4.69) is 0 Å².